The standard InChI is InChI=1S/C21H24ClN3O2S/c1-27-20(26)16-9-10-17(22)18(14-16)24-21(28)23-11-5-13-25-12-4-7-15-6-2-3-8-19(15)25/h2-3,6,8-10,14H,4-5,7,11-13H2,1H3,(H2,23,24,28). The summed E-state index contributed by atoms with van der Waals surface area (Å²) >= 11 is 11.5. The molecule has 0 saturated carbocycles. The van der Waals surface area contributed by atoms with E-state index >= 15 is 0 Å². The van der Waals surface area contributed by atoms with Crippen LogP contribution in [0.15, 0.2) is 42.5 Å². The van der Waals surface area contributed by atoms with Crippen molar-refractivity contribution in [2.24, 2.45) is 0 Å². The number of carbonyl (C=O) groups excluding carboxylic acids is 1. The third-order valence-electron chi connectivity index (χ3n) is 4.73. The van der Waals surface area contributed by atoms with Crippen molar-refractivity contribution in [3.63, 3.8) is 0 Å². The molecule has 0 fully saturated rings. The number of esters is 1. The highest BCUT2D eigenvalue weighted by Crippen LogP contribution is 2.26. The molecule has 0 unspecified atom stereocenters. The predicted molar refractivity (Wildman–Crippen MR) is 119 cm³/mol. The Kier molecular flexibility index (Phi) is 7.12. The summed E-state index contributed by atoms with van der Waals surface area (Å²) in [5.74, 6) is -0.416. The van der Waals surface area contributed by atoms with Crippen LogP contribution in [0.5, 0.6) is 0 Å². The largest absolute Gasteiger partial charge is 0.465 e. The minimum absolute atomic E-state index is 0.416. The molecule has 0 atom stereocenters. The number of nitrogens with zero attached hydrogens (tertiary/aromatic N) is 1. The number of benzene rings is 2. The van der Waals surface area contributed by atoms with Crippen molar-refractivity contribution in [2.45, 2.75) is 19.3 Å². The lowest BCUT2D eigenvalue weighted by atomic mass is 10.0. The highest BCUT2D eigenvalue weighted by atomic mass is 35.5. The first-order chi connectivity index (χ1) is 13.6. The number of halogens is 1. The number of rotatable bonds is 6. The van der Waals surface area contributed by atoms with E-state index in [1.165, 1.54) is 24.8 Å². The van der Waals surface area contributed by atoms with Crippen molar-refractivity contribution in [1.82, 2.24) is 5.32 Å². The number of methoxy groups -OCH3 is 1. The molecule has 3 rings (SSSR count). The number of fused-ring (bicyclic) bond motifs is 1. The van der Waals surface area contributed by atoms with Crippen LogP contribution < -0.4 is 15.5 Å². The van der Waals surface area contributed by atoms with Crippen molar-refractivity contribution in [1.29, 1.82) is 0 Å². The molecule has 5 nitrogen and oxygen atoms in total. The summed E-state index contributed by atoms with van der Waals surface area (Å²) in [6.07, 6.45) is 3.32. The van der Waals surface area contributed by atoms with E-state index in [-0.39, 0.29) is 0 Å². The Balaban J connectivity index is 1.47. The number of para-hydroxylation sites is 1. The van der Waals surface area contributed by atoms with Crippen LogP contribution in [0.2, 0.25) is 5.02 Å². The maximum Gasteiger partial charge on any atom is 0.337 e. The zero-order chi connectivity index (χ0) is 19.9. The van der Waals surface area contributed by atoms with Gasteiger partial charge in [-0.05, 0) is 61.3 Å². The van der Waals surface area contributed by atoms with Crippen LogP contribution in [0.3, 0.4) is 0 Å². The number of ether oxygens (including phenoxy) is 1. The lowest BCUT2D eigenvalue weighted by Crippen LogP contribution is -2.34. The van der Waals surface area contributed by atoms with E-state index in [0.29, 0.717) is 21.4 Å². The number of nitrogens with one attached hydrogen (secondary N) is 2. The smallest absolute Gasteiger partial charge is 0.337 e. The summed E-state index contributed by atoms with van der Waals surface area (Å²) in [6, 6.07) is 13.5. The maximum atomic E-state index is 11.7. The third kappa shape index (κ3) is 5.14. The average molecular weight is 418 g/mol. The van der Waals surface area contributed by atoms with Gasteiger partial charge in [-0.1, -0.05) is 29.8 Å². The first-order valence-electron chi connectivity index (χ1n) is 9.34. The van der Waals surface area contributed by atoms with E-state index < -0.39 is 5.97 Å². The molecule has 0 bridgehead atoms. The Morgan fingerprint density at radius 1 is 1.29 bits per heavy atom. The van der Waals surface area contributed by atoms with Crippen LogP contribution in [-0.4, -0.2) is 37.8 Å². The van der Waals surface area contributed by atoms with E-state index in [1.54, 1.807) is 18.2 Å². The van der Waals surface area contributed by atoms with Crippen molar-refractivity contribution >= 4 is 46.3 Å². The van der Waals surface area contributed by atoms with Gasteiger partial charge in [-0.3, -0.25) is 0 Å². The molecule has 2 aromatic carbocycles. The van der Waals surface area contributed by atoms with Gasteiger partial charge >= 0.3 is 5.97 Å². The number of thiocarbonyl (C=S) groups is 1. The van der Waals surface area contributed by atoms with Crippen LogP contribution >= 0.6 is 23.8 Å². The van der Waals surface area contributed by atoms with E-state index in [2.05, 4.69) is 39.8 Å². The molecule has 1 aliphatic heterocycles. The molecule has 148 valence electrons. The van der Waals surface area contributed by atoms with Crippen LogP contribution in [0.1, 0.15) is 28.8 Å². The third-order valence-corrected chi connectivity index (χ3v) is 5.31. The molecule has 7 heteroatoms. The second kappa shape index (κ2) is 9.75. The van der Waals surface area contributed by atoms with E-state index in [1.807, 2.05) is 0 Å². The van der Waals surface area contributed by atoms with Gasteiger partial charge in [-0.2, -0.15) is 0 Å². The van der Waals surface area contributed by atoms with Gasteiger partial charge in [-0.25, -0.2) is 4.79 Å². The Morgan fingerprint density at radius 2 is 2.11 bits per heavy atom. The van der Waals surface area contributed by atoms with E-state index in [4.69, 9.17) is 28.6 Å². The molecule has 0 saturated heterocycles. The first kappa shape index (κ1) is 20.4. The molecule has 1 heterocycles. The summed E-state index contributed by atoms with van der Waals surface area (Å²) in [5.41, 5.74) is 3.77. The number of hydrogen-bond acceptors (Lipinski definition) is 4. The van der Waals surface area contributed by atoms with Crippen molar-refractivity contribution in [2.75, 3.05) is 37.0 Å². The minimum atomic E-state index is -0.416. The summed E-state index contributed by atoms with van der Waals surface area (Å²) in [5, 5.41) is 7.22. The molecule has 0 radical (unpaired) electrons. The van der Waals surface area contributed by atoms with Gasteiger partial charge < -0.3 is 20.3 Å². The Bertz CT molecular complexity index is 859. The molecule has 0 spiro atoms. The Labute approximate surface area is 176 Å². The van der Waals surface area contributed by atoms with Crippen molar-refractivity contribution in [3.8, 4) is 0 Å². The van der Waals surface area contributed by atoms with Gasteiger partial charge in [0.2, 0.25) is 0 Å². The van der Waals surface area contributed by atoms with Crippen molar-refractivity contribution < 1.29 is 9.53 Å². The second-order valence-electron chi connectivity index (χ2n) is 6.64. The summed E-state index contributed by atoms with van der Waals surface area (Å²) in [6.45, 7) is 2.82. The number of aryl methyl sites for hydroxylation is 1. The average Bonchev–Trinajstić information content (AvgIpc) is 2.72. The van der Waals surface area contributed by atoms with Gasteiger partial charge in [0.15, 0.2) is 5.11 Å². The Hall–Kier alpha value is -2.31. The minimum Gasteiger partial charge on any atom is -0.465 e. The summed E-state index contributed by atoms with van der Waals surface area (Å²) < 4.78 is 4.74. The molecule has 2 aromatic rings. The second-order valence-corrected chi connectivity index (χ2v) is 7.46. The summed E-state index contributed by atoms with van der Waals surface area (Å²) in [4.78, 5) is 14.1. The molecule has 28 heavy (non-hydrogen) atoms. The van der Waals surface area contributed by atoms with Crippen molar-refractivity contribution in [3.05, 3.63) is 58.6 Å². The van der Waals surface area contributed by atoms with E-state index in [0.717, 1.165) is 32.5 Å². The molecule has 2 N–H and O–H groups in total. The fourth-order valence-electron chi connectivity index (χ4n) is 3.35. The molecule has 1 aliphatic rings. The van der Waals surface area contributed by atoms with Gasteiger partial charge in [0, 0.05) is 25.3 Å². The zero-order valence-electron chi connectivity index (χ0n) is 15.8. The van der Waals surface area contributed by atoms with Gasteiger partial charge in [0.25, 0.3) is 0 Å². The SMILES string of the molecule is COC(=O)c1ccc(Cl)c(NC(=S)NCCCN2CCCc3ccccc32)c1. The molecular formula is C21H24ClN3O2S. The monoisotopic (exact) mass is 417 g/mol. The fourth-order valence-corrected chi connectivity index (χ4v) is 3.72. The first-order valence-corrected chi connectivity index (χ1v) is 10.1. The topological polar surface area (TPSA) is 53.6 Å². The van der Waals surface area contributed by atoms with Gasteiger partial charge in [0.05, 0.1) is 23.4 Å². The lowest BCUT2D eigenvalue weighted by Gasteiger charge is -2.31. The van der Waals surface area contributed by atoms with Crippen LogP contribution in [0.25, 0.3) is 0 Å². The van der Waals surface area contributed by atoms with Crippen LogP contribution in [-0.2, 0) is 11.2 Å². The highest BCUT2D eigenvalue weighted by molar-refractivity contribution is 7.80. The normalized spacial score (nSPS) is 12.9. The number of carbonyl (C=O) groups is 1. The van der Waals surface area contributed by atoms with Gasteiger partial charge in [0.1, 0.15) is 0 Å². The van der Waals surface area contributed by atoms with Crippen LogP contribution in [0.4, 0.5) is 11.4 Å². The van der Waals surface area contributed by atoms with E-state index in [9.17, 15) is 4.79 Å². The lowest BCUT2D eigenvalue weighted by molar-refractivity contribution is 0.0601. The highest BCUT2D eigenvalue weighted by Gasteiger charge is 2.15. The maximum absolute atomic E-state index is 11.7. The quantitative estimate of drug-likeness (QED) is 0.416. The Morgan fingerprint density at radius 3 is 2.93 bits per heavy atom. The summed E-state index contributed by atoms with van der Waals surface area (Å²) in [7, 11) is 1.34. The molecule has 0 aliphatic carbocycles. The molecular weight excluding hydrogens is 394 g/mol. The van der Waals surface area contributed by atoms with Gasteiger partial charge in [-0.15, -0.1) is 0 Å². The van der Waals surface area contributed by atoms with Crippen LogP contribution in [0, 0.1) is 0 Å². The zero-order valence-corrected chi connectivity index (χ0v) is 17.4. The molecule has 0 aromatic heterocycles. The molecule has 0 amide bonds. The number of anilines is 2. The number of hydrogen-bond donors (Lipinski definition) is 2. The fraction of sp³-hybridized carbons (Fsp3) is 0.333. The predicted octanol–water partition coefficient (Wildman–Crippen LogP) is 4.26.